The Kier molecular flexibility index (Phi) is 3.38. The average Bonchev–Trinajstić information content (AvgIpc) is 3.26. The molecule has 1 aromatic carbocycles. The molecule has 0 spiro atoms. The number of anilines is 1. The summed E-state index contributed by atoms with van der Waals surface area (Å²) < 4.78 is 21.6. The van der Waals surface area contributed by atoms with E-state index in [0.29, 0.717) is 30.6 Å². The summed E-state index contributed by atoms with van der Waals surface area (Å²) in [4.78, 5) is 6.50. The molecule has 0 N–H and O–H groups in total. The first-order chi connectivity index (χ1) is 11.3. The van der Waals surface area contributed by atoms with Gasteiger partial charge in [0.15, 0.2) is 5.76 Å². The van der Waals surface area contributed by atoms with Crippen molar-refractivity contribution in [2.45, 2.75) is 6.54 Å². The largest absolute Gasteiger partial charge is 0.497 e. The zero-order valence-corrected chi connectivity index (χ0v) is 12.6. The van der Waals surface area contributed by atoms with Crippen LogP contribution in [-0.4, -0.2) is 30.4 Å². The van der Waals surface area contributed by atoms with Gasteiger partial charge in [-0.1, -0.05) is 5.16 Å². The molecular weight excluding hydrogens is 298 g/mol. The van der Waals surface area contributed by atoms with Crippen LogP contribution in [0.25, 0.3) is 11.6 Å². The van der Waals surface area contributed by atoms with E-state index in [1.165, 1.54) is 0 Å². The lowest BCUT2D eigenvalue weighted by Gasteiger charge is -2.30. The number of hydrogen-bond donors (Lipinski definition) is 0. The maximum absolute atomic E-state index is 5.68. The molecule has 1 aliphatic heterocycles. The number of ether oxygens (including phenoxy) is 2. The molecule has 0 bridgehead atoms. The fourth-order valence-corrected chi connectivity index (χ4v) is 2.53. The van der Waals surface area contributed by atoms with Gasteiger partial charge in [0.1, 0.15) is 18.1 Å². The third-order valence-electron chi connectivity index (χ3n) is 3.66. The third-order valence-corrected chi connectivity index (χ3v) is 3.66. The van der Waals surface area contributed by atoms with Crippen LogP contribution in [0.3, 0.4) is 0 Å². The summed E-state index contributed by atoms with van der Waals surface area (Å²) in [6.45, 7) is 1.84. The summed E-state index contributed by atoms with van der Waals surface area (Å²) in [6, 6.07) is 9.31. The first-order valence-corrected chi connectivity index (χ1v) is 7.26. The number of aromatic nitrogens is 2. The topological polar surface area (TPSA) is 73.8 Å². The van der Waals surface area contributed by atoms with Crippen LogP contribution in [0.5, 0.6) is 11.5 Å². The van der Waals surface area contributed by atoms with Crippen LogP contribution in [0.2, 0.25) is 0 Å². The number of methoxy groups -OCH3 is 1. The Labute approximate surface area is 132 Å². The number of benzene rings is 1. The third kappa shape index (κ3) is 2.61. The predicted molar refractivity (Wildman–Crippen MR) is 81.5 cm³/mol. The van der Waals surface area contributed by atoms with Gasteiger partial charge in [-0.2, -0.15) is 4.98 Å². The van der Waals surface area contributed by atoms with Gasteiger partial charge in [-0.05, 0) is 24.3 Å². The molecule has 0 aliphatic carbocycles. The first-order valence-electron chi connectivity index (χ1n) is 7.26. The van der Waals surface area contributed by atoms with E-state index in [-0.39, 0.29) is 0 Å². The van der Waals surface area contributed by atoms with Gasteiger partial charge in [-0.3, -0.25) is 0 Å². The summed E-state index contributed by atoms with van der Waals surface area (Å²) in [7, 11) is 1.64. The van der Waals surface area contributed by atoms with Gasteiger partial charge in [0.05, 0.1) is 32.1 Å². The van der Waals surface area contributed by atoms with Crippen molar-refractivity contribution in [1.82, 2.24) is 10.1 Å². The molecule has 7 heteroatoms. The maximum Gasteiger partial charge on any atom is 0.246 e. The van der Waals surface area contributed by atoms with Crippen LogP contribution in [0, 0.1) is 0 Å². The molecule has 4 rings (SSSR count). The molecule has 7 nitrogen and oxygen atoms in total. The second kappa shape index (κ2) is 5.68. The first kappa shape index (κ1) is 13.7. The molecule has 0 fully saturated rings. The molecule has 0 atom stereocenters. The van der Waals surface area contributed by atoms with Gasteiger partial charge < -0.3 is 23.3 Å². The standard InChI is InChI=1S/C16H15N3O4/c1-20-11-4-5-13-12(9-11)19(6-8-22-13)10-15-17-16(18-23-15)14-3-2-7-21-14/h2-5,7,9H,6,8,10H2,1H3. The highest BCUT2D eigenvalue weighted by molar-refractivity contribution is 5.62. The minimum absolute atomic E-state index is 0.448. The van der Waals surface area contributed by atoms with Crippen LogP contribution in [0.4, 0.5) is 5.69 Å². The van der Waals surface area contributed by atoms with Gasteiger partial charge in [0.25, 0.3) is 0 Å². The fourth-order valence-electron chi connectivity index (χ4n) is 2.53. The van der Waals surface area contributed by atoms with E-state index in [4.69, 9.17) is 18.4 Å². The number of rotatable bonds is 4. The van der Waals surface area contributed by atoms with E-state index in [1.807, 2.05) is 18.2 Å². The maximum atomic E-state index is 5.68. The van der Waals surface area contributed by atoms with Crippen molar-refractivity contribution in [3.05, 3.63) is 42.5 Å². The lowest BCUT2D eigenvalue weighted by molar-refractivity contribution is 0.299. The number of fused-ring (bicyclic) bond motifs is 1. The van der Waals surface area contributed by atoms with Crippen molar-refractivity contribution >= 4 is 5.69 Å². The Morgan fingerprint density at radius 3 is 3.09 bits per heavy atom. The van der Waals surface area contributed by atoms with E-state index >= 15 is 0 Å². The lowest BCUT2D eigenvalue weighted by atomic mass is 10.2. The minimum atomic E-state index is 0.448. The summed E-state index contributed by atoms with van der Waals surface area (Å²) in [5, 5.41) is 3.95. The highest BCUT2D eigenvalue weighted by Gasteiger charge is 2.21. The molecule has 3 aromatic rings. The Bertz CT molecular complexity index is 798. The Balaban J connectivity index is 1.58. The normalized spacial score (nSPS) is 13.5. The zero-order valence-electron chi connectivity index (χ0n) is 12.6. The van der Waals surface area contributed by atoms with E-state index in [2.05, 4.69) is 15.0 Å². The molecule has 2 aromatic heterocycles. The van der Waals surface area contributed by atoms with Gasteiger partial charge >= 0.3 is 0 Å². The molecule has 118 valence electrons. The van der Waals surface area contributed by atoms with Gasteiger partial charge in [0.2, 0.25) is 11.7 Å². The smallest absolute Gasteiger partial charge is 0.246 e. The second-order valence-corrected chi connectivity index (χ2v) is 5.09. The van der Waals surface area contributed by atoms with E-state index < -0.39 is 0 Å². The Morgan fingerprint density at radius 2 is 2.26 bits per heavy atom. The van der Waals surface area contributed by atoms with Crippen LogP contribution in [0.1, 0.15) is 5.89 Å². The second-order valence-electron chi connectivity index (χ2n) is 5.09. The minimum Gasteiger partial charge on any atom is -0.497 e. The van der Waals surface area contributed by atoms with Crippen molar-refractivity contribution < 1.29 is 18.4 Å². The van der Waals surface area contributed by atoms with E-state index in [1.54, 1.807) is 25.5 Å². The van der Waals surface area contributed by atoms with Gasteiger partial charge in [-0.25, -0.2) is 0 Å². The van der Waals surface area contributed by atoms with Crippen LogP contribution in [-0.2, 0) is 6.54 Å². The van der Waals surface area contributed by atoms with Gasteiger partial charge in [0, 0.05) is 6.07 Å². The van der Waals surface area contributed by atoms with Crippen LogP contribution in [0.15, 0.2) is 45.5 Å². The zero-order chi connectivity index (χ0) is 15.6. The molecule has 0 amide bonds. The molecule has 1 aliphatic rings. The quantitative estimate of drug-likeness (QED) is 0.733. The molecule has 0 saturated carbocycles. The van der Waals surface area contributed by atoms with Crippen molar-refractivity contribution in [3.8, 4) is 23.1 Å². The van der Waals surface area contributed by atoms with Crippen molar-refractivity contribution in [3.63, 3.8) is 0 Å². The number of furan rings is 1. The summed E-state index contributed by atoms with van der Waals surface area (Å²) in [5.74, 6) is 3.16. The summed E-state index contributed by atoms with van der Waals surface area (Å²) in [6.07, 6.45) is 1.58. The van der Waals surface area contributed by atoms with E-state index in [9.17, 15) is 0 Å². The fraction of sp³-hybridized carbons (Fsp3) is 0.250. The molecular formula is C16H15N3O4. The summed E-state index contributed by atoms with van der Waals surface area (Å²) in [5.41, 5.74) is 0.952. The molecule has 0 radical (unpaired) electrons. The highest BCUT2D eigenvalue weighted by Crippen LogP contribution is 2.35. The van der Waals surface area contributed by atoms with Crippen LogP contribution < -0.4 is 14.4 Å². The monoisotopic (exact) mass is 313 g/mol. The predicted octanol–water partition coefficient (Wildman–Crippen LogP) is 2.74. The lowest BCUT2D eigenvalue weighted by Crippen LogP contribution is -2.32. The molecule has 0 unspecified atom stereocenters. The molecule has 23 heavy (non-hydrogen) atoms. The Hall–Kier alpha value is -2.96. The Morgan fingerprint density at radius 1 is 1.30 bits per heavy atom. The molecule has 0 saturated heterocycles. The van der Waals surface area contributed by atoms with Crippen molar-refractivity contribution in [2.75, 3.05) is 25.2 Å². The van der Waals surface area contributed by atoms with Gasteiger partial charge in [-0.15, -0.1) is 0 Å². The SMILES string of the molecule is COc1ccc2c(c1)N(Cc1nc(-c3ccco3)no1)CCO2. The molecule has 3 heterocycles. The van der Waals surface area contributed by atoms with Crippen LogP contribution >= 0.6 is 0 Å². The number of hydrogen-bond acceptors (Lipinski definition) is 7. The highest BCUT2D eigenvalue weighted by atomic mass is 16.5. The van der Waals surface area contributed by atoms with E-state index in [0.717, 1.165) is 23.7 Å². The summed E-state index contributed by atoms with van der Waals surface area (Å²) >= 11 is 0. The average molecular weight is 313 g/mol. The van der Waals surface area contributed by atoms with Crippen molar-refractivity contribution in [1.29, 1.82) is 0 Å². The van der Waals surface area contributed by atoms with Crippen molar-refractivity contribution in [2.24, 2.45) is 0 Å². The number of nitrogens with zero attached hydrogens (tertiary/aromatic N) is 3.